The third-order valence-corrected chi connectivity index (χ3v) is 6.89. The Balaban J connectivity index is 1.62. The second-order valence-electron chi connectivity index (χ2n) is 8.59. The molecule has 0 bridgehead atoms. The molecule has 34 heavy (non-hydrogen) atoms. The van der Waals surface area contributed by atoms with Crippen molar-refractivity contribution >= 4 is 27.7 Å². The highest BCUT2D eigenvalue weighted by Crippen LogP contribution is 2.26. The minimum atomic E-state index is -4.35. The normalized spacial score (nSPS) is 18.3. The molecule has 0 N–H and O–H groups in total. The molecule has 0 saturated carbocycles. The number of nitro groups is 1. The van der Waals surface area contributed by atoms with Gasteiger partial charge < -0.3 is 13.8 Å². The lowest BCUT2D eigenvalue weighted by Gasteiger charge is -2.34. The van der Waals surface area contributed by atoms with Crippen LogP contribution in [0.3, 0.4) is 0 Å². The topological polar surface area (TPSA) is 133 Å². The largest absolute Gasteiger partial charge is 0.452 e. The Labute approximate surface area is 197 Å². The van der Waals surface area contributed by atoms with Crippen LogP contribution in [0.25, 0.3) is 0 Å². The highest BCUT2D eigenvalue weighted by molar-refractivity contribution is 7.87. The van der Waals surface area contributed by atoms with E-state index >= 15 is 0 Å². The van der Waals surface area contributed by atoms with E-state index in [1.807, 2.05) is 0 Å². The van der Waals surface area contributed by atoms with E-state index in [1.54, 1.807) is 4.90 Å². The van der Waals surface area contributed by atoms with Crippen LogP contribution in [0, 0.1) is 28.9 Å². The van der Waals surface area contributed by atoms with Crippen LogP contribution in [0.15, 0.2) is 47.4 Å². The molecule has 182 valence electrons. The van der Waals surface area contributed by atoms with Gasteiger partial charge in [0.15, 0.2) is 6.61 Å². The first-order valence-corrected chi connectivity index (χ1v) is 12.1. The number of benzene rings is 2. The van der Waals surface area contributed by atoms with Gasteiger partial charge in [-0.25, -0.2) is 4.79 Å². The summed E-state index contributed by atoms with van der Waals surface area (Å²) in [5, 5.41) is 11.0. The number of piperidine rings is 1. The Bertz CT molecular complexity index is 1180. The lowest BCUT2D eigenvalue weighted by atomic mass is 9.92. The third kappa shape index (κ3) is 6.10. The van der Waals surface area contributed by atoms with Crippen molar-refractivity contribution in [2.75, 3.05) is 19.7 Å². The second kappa shape index (κ2) is 10.2. The molecule has 0 unspecified atom stereocenters. The maximum atomic E-state index is 12.6. The molecule has 11 heteroatoms. The summed E-state index contributed by atoms with van der Waals surface area (Å²) in [5.41, 5.74) is 0.0197. The van der Waals surface area contributed by atoms with E-state index in [9.17, 15) is 28.1 Å². The number of nitrogens with zero attached hydrogens (tertiary/aromatic N) is 2. The summed E-state index contributed by atoms with van der Waals surface area (Å²) >= 11 is 0. The molecular weight excluding hydrogens is 464 g/mol. The van der Waals surface area contributed by atoms with Crippen molar-refractivity contribution in [2.24, 2.45) is 11.8 Å². The minimum Gasteiger partial charge on any atom is -0.452 e. The summed E-state index contributed by atoms with van der Waals surface area (Å²) in [6.45, 7) is 6.53. The molecule has 1 heterocycles. The summed E-state index contributed by atoms with van der Waals surface area (Å²) in [6.07, 6.45) is 1.05. The maximum absolute atomic E-state index is 12.6. The van der Waals surface area contributed by atoms with Crippen LogP contribution >= 0.6 is 0 Å². The van der Waals surface area contributed by atoms with E-state index in [0.29, 0.717) is 24.9 Å². The van der Waals surface area contributed by atoms with Crippen LogP contribution in [0.2, 0.25) is 0 Å². The van der Waals surface area contributed by atoms with Crippen molar-refractivity contribution in [1.29, 1.82) is 0 Å². The number of ether oxygens (including phenoxy) is 1. The van der Waals surface area contributed by atoms with E-state index in [2.05, 4.69) is 13.8 Å². The van der Waals surface area contributed by atoms with E-state index in [-0.39, 0.29) is 40.0 Å². The first kappa shape index (κ1) is 25.2. The molecule has 1 aliphatic rings. The molecule has 0 radical (unpaired) electrons. The van der Waals surface area contributed by atoms with Gasteiger partial charge in [0.2, 0.25) is 0 Å². The summed E-state index contributed by atoms with van der Waals surface area (Å²) in [7, 11) is -4.35. The summed E-state index contributed by atoms with van der Waals surface area (Å²) in [6, 6.07) is 8.59. The Morgan fingerprint density at radius 2 is 1.71 bits per heavy atom. The molecule has 2 atom stereocenters. The zero-order valence-electron chi connectivity index (χ0n) is 19.1. The number of likely N-dealkylation sites (tertiary alicyclic amines) is 1. The van der Waals surface area contributed by atoms with Crippen molar-refractivity contribution < 1.29 is 31.9 Å². The van der Waals surface area contributed by atoms with Gasteiger partial charge in [-0.15, -0.1) is 0 Å². The minimum absolute atomic E-state index is 0.0881. The number of hydrogen-bond donors (Lipinski definition) is 0. The van der Waals surface area contributed by atoms with Gasteiger partial charge in [-0.1, -0.05) is 19.9 Å². The van der Waals surface area contributed by atoms with Crippen molar-refractivity contribution in [1.82, 2.24) is 4.90 Å². The van der Waals surface area contributed by atoms with Crippen molar-refractivity contribution in [3.8, 4) is 5.75 Å². The molecule has 3 rings (SSSR count). The number of nitro benzene ring substituents is 1. The molecule has 0 aliphatic carbocycles. The standard InChI is InChI=1S/C23H26N2O8S/c1-15-10-16(2)13-24(12-15)22(26)14-32-23(27)18-5-8-20(9-6-18)33-34(30,31)21-11-19(25(28)29)7-4-17(21)3/h4-9,11,15-16H,10,12-14H2,1-3H3/t15-,16-/m1/s1. The quantitative estimate of drug-likeness (QED) is 0.250. The predicted molar refractivity (Wildman–Crippen MR) is 122 cm³/mol. The number of carbonyl (C=O) groups excluding carboxylic acids is 2. The molecule has 2 aromatic rings. The first-order valence-electron chi connectivity index (χ1n) is 10.7. The van der Waals surface area contributed by atoms with E-state index in [1.165, 1.54) is 43.3 Å². The molecule has 2 aromatic carbocycles. The lowest BCUT2D eigenvalue weighted by molar-refractivity contribution is -0.385. The predicted octanol–water partition coefficient (Wildman–Crippen LogP) is 3.33. The number of non-ortho nitro benzene ring substituents is 1. The van der Waals surface area contributed by atoms with Gasteiger partial charge in [-0.05, 0) is 55.0 Å². The van der Waals surface area contributed by atoms with Crippen molar-refractivity contribution in [3.05, 3.63) is 63.7 Å². The smallest absolute Gasteiger partial charge is 0.339 e. The molecular formula is C23H26N2O8S. The number of rotatable bonds is 7. The Kier molecular flexibility index (Phi) is 7.55. The van der Waals surface area contributed by atoms with Crippen molar-refractivity contribution in [3.63, 3.8) is 0 Å². The van der Waals surface area contributed by atoms with E-state index < -0.39 is 21.0 Å². The lowest BCUT2D eigenvalue weighted by Crippen LogP contribution is -2.44. The SMILES string of the molecule is Cc1ccc([N+](=O)[O-])cc1S(=O)(=O)Oc1ccc(C(=O)OCC(=O)N2C[C@H](C)C[C@@H](C)C2)cc1. The van der Waals surface area contributed by atoms with Gasteiger partial charge in [0, 0.05) is 25.2 Å². The zero-order chi connectivity index (χ0) is 25.0. The maximum Gasteiger partial charge on any atom is 0.339 e. The van der Waals surface area contributed by atoms with E-state index in [0.717, 1.165) is 12.5 Å². The van der Waals surface area contributed by atoms with Crippen molar-refractivity contribution in [2.45, 2.75) is 32.1 Å². The molecule has 1 saturated heterocycles. The fourth-order valence-corrected chi connectivity index (χ4v) is 5.14. The fraction of sp³-hybridized carbons (Fsp3) is 0.391. The van der Waals surface area contributed by atoms with E-state index in [4.69, 9.17) is 8.92 Å². The van der Waals surface area contributed by atoms with Crippen LogP contribution in [-0.4, -0.2) is 49.8 Å². The number of carbonyl (C=O) groups is 2. The van der Waals surface area contributed by atoms with Gasteiger partial charge in [-0.3, -0.25) is 14.9 Å². The molecule has 1 amide bonds. The first-order chi connectivity index (χ1) is 16.0. The number of aryl methyl sites for hydroxylation is 1. The Morgan fingerprint density at radius 1 is 1.09 bits per heavy atom. The molecule has 10 nitrogen and oxygen atoms in total. The number of hydrogen-bond acceptors (Lipinski definition) is 8. The highest BCUT2D eigenvalue weighted by atomic mass is 32.2. The average Bonchev–Trinajstić information content (AvgIpc) is 2.76. The van der Waals surface area contributed by atoms with Crippen LogP contribution in [0.5, 0.6) is 5.75 Å². The van der Waals surface area contributed by atoms with Crippen LogP contribution in [0.1, 0.15) is 36.2 Å². The zero-order valence-corrected chi connectivity index (χ0v) is 19.9. The fourth-order valence-electron chi connectivity index (χ4n) is 3.96. The van der Waals surface area contributed by atoms with Crippen LogP contribution < -0.4 is 4.18 Å². The molecule has 1 aliphatic heterocycles. The van der Waals surface area contributed by atoms with Gasteiger partial charge in [0.1, 0.15) is 10.6 Å². The highest BCUT2D eigenvalue weighted by Gasteiger charge is 2.26. The molecule has 0 aromatic heterocycles. The van der Waals surface area contributed by atoms with Crippen LogP contribution in [-0.2, 0) is 19.6 Å². The van der Waals surface area contributed by atoms with Gasteiger partial charge >= 0.3 is 16.1 Å². The molecule has 1 fully saturated rings. The molecule has 0 spiro atoms. The average molecular weight is 491 g/mol. The Hall–Kier alpha value is -3.47. The van der Waals surface area contributed by atoms with Gasteiger partial charge in [0.05, 0.1) is 10.5 Å². The number of amides is 1. The van der Waals surface area contributed by atoms with Gasteiger partial charge in [0.25, 0.3) is 11.6 Å². The Morgan fingerprint density at radius 3 is 2.29 bits per heavy atom. The second-order valence-corrected chi connectivity index (χ2v) is 10.1. The monoisotopic (exact) mass is 490 g/mol. The summed E-state index contributed by atoms with van der Waals surface area (Å²) in [4.78, 5) is 36.3. The number of esters is 1. The third-order valence-electron chi connectivity index (χ3n) is 5.50. The summed E-state index contributed by atoms with van der Waals surface area (Å²) < 4.78 is 35.4. The van der Waals surface area contributed by atoms with Crippen LogP contribution in [0.4, 0.5) is 5.69 Å². The summed E-state index contributed by atoms with van der Waals surface area (Å²) in [5.74, 6) is -0.300. The van der Waals surface area contributed by atoms with Gasteiger partial charge in [-0.2, -0.15) is 8.42 Å².